The smallest absolute Gasteiger partial charge is 0.299 e. The van der Waals surface area contributed by atoms with Crippen LogP contribution in [0.3, 0.4) is 0 Å². The topological polar surface area (TPSA) is 110 Å². The van der Waals surface area contributed by atoms with Crippen molar-refractivity contribution in [1.29, 1.82) is 0 Å². The van der Waals surface area contributed by atoms with Crippen molar-refractivity contribution in [2.24, 2.45) is 23.2 Å². The summed E-state index contributed by atoms with van der Waals surface area (Å²) < 4.78 is 0. The second-order valence-corrected chi connectivity index (χ2v) is 9.66. The Hall–Kier alpha value is -2.71. The molecule has 6 rings (SSSR count). The van der Waals surface area contributed by atoms with Crippen LogP contribution in [0.15, 0.2) is 18.2 Å². The van der Waals surface area contributed by atoms with Crippen molar-refractivity contribution in [2.45, 2.75) is 38.5 Å². The Kier molecular flexibility index (Phi) is 4.44. The number of piperazine rings is 1. The molecular formula is C21H26N4O5. The summed E-state index contributed by atoms with van der Waals surface area (Å²) in [7, 11) is 0. The molecule has 5 fully saturated rings. The van der Waals surface area contributed by atoms with Gasteiger partial charge in [-0.15, -0.1) is 0 Å². The molecule has 4 bridgehead atoms. The van der Waals surface area contributed by atoms with Crippen molar-refractivity contribution in [3.8, 4) is 0 Å². The molecule has 0 N–H and O–H groups in total. The maximum atomic E-state index is 13.5. The molecule has 0 spiro atoms. The largest absolute Gasteiger partial charge is 0.362 e. The van der Waals surface area contributed by atoms with Crippen LogP contribution in [0.5, 0.6) is 0 Å². The Morgan fingerprint density at radius 1 is 0.900 bits per heavy atom. The van der Waals surface area contributed by atoms with Gasteiger partial charge in [-0.3, -0.25) is 25.0 Å². The fourth-order valence-corrected chi connectivity index (χ4v) is 6.90. The molecule has 0 atom stereocenters. The summed E-state index contributed by atoms with van der Waals surface area (Å²) >= 11 is 0. The van der Waals surface area contributed by atoms with Crippen molar-refractivity contribution in [3.63, 3.8) is 0 Å². The van der Waals surface area contributed by atoms with Crippen molar-refractivity contribution < 1.29 is 14.6 Å². The standard InChI is InChI=1S/C21H26N4O5/c26-20(21-11-14-7-15(12-21)9-16(8-14)13-21)23-5-3-22(4-6-23)18-2-1-17(24(27)28)10-19(18)25(29)30/h1-2,10,14-16H,3-9,11-13H2. The van der Waals surface area contributed by atoms with Crippen LogP contribution in [0.2, 0.25) is 0 Å². The third-order valence-electron chi connectivity index (χ3n) is 7.77. The number of nitro groups is 2. The van der Waals surface area contributed by atoms with E-state index in [1.54, 1.807) is 0 Å². The lowest BCUT2D eigenvalue weighted by molar-refractivity contribution is -0.393. The Bertz CT molecular complexity index is 873. The lowest BCUT2D eigenvalue weighted by Crippen LogP contribution is -2.58. The van der Waals surface area contributed by atoms with Crippen LogP contribution in [0.25, 0.3) is 0 Å². The van der Waals surface area contributed by atoms with Crippen LogP contribution in [0, 0.1) is 43.4 Å². The van der Waals surface area contributed by atoms with E-state index in [0.717, 1.165) is 25.3 Å². The van der Waals surface area contributed by atoms with Gasteiger partial charge in [-0.05, 0) is 62.3 Å². The lowest BCUT2D eigenvalue weighted by atomic mass is 9.49. The first-order valence-corrected chi connectivity index (χ1v) is 10.8. The van der Waals surface area contributed by atoms with Crippen molar-refractivity contribution >= 4 is 23.0 Å². The molecule has 1 saturated heterocycles. The molecule has 1 heterocycles. The van der Waals surface area contributed by atoms with E-state index < -0.39 is 9.85 Å². The highest BCUT2D eigenvalue weighted by atomic mass is 16.6. The number of non-ortho nitro benzene ring substituents is 1. The fourth-order valence-electron chi connectivity index (χ4n) is 6.90. The lowest BCUT2D eigenvalue weighted by Gasteiger charge is -2.57. The Balaban J connectivity index is 1.30. The van der Waals surface area contributed by atoms with E-state index in [1.165, 1.54) is 31.4 Å². The van der Waals surface area contributed by atoms with Crippen molar-refractivity contribution in [1.82, 2.24) is 4.90 Å². The number of nitro benzene ring substituents is 2. The summed E-state index contributed by atoms with van der Waals surface area (Å²) in [5, 5.41) is 22.4. The number of amides is 1. The number of anilines is 1. The van der Waals surface area contributed by atoms with Gasteiger partial charge >= 0.3 is 0 Å². The Labute approximate surface area is 174 Å². The molecule has 1 aliphatic heterocycles. The zero-order chi connectivity index (χ0) is 21.0. The van der Waals surface area contributed by atoms with Crippen LogP contribution in [0.4, 0.5) is 17.1 Å². The summed E-state index contributed by atoms with van der Waals surface area (Å²) in [5.41, 5.74) is -0.338. The van der Waals surface area contributed by atoms with Gasteiger partial charge in [0.1, 0.15) is 5.69 Å². The number of carbonyl (C=O) groups excluding carboxylic acids is 1. The normalized spacial score (nSPS) is 32.3. The molecule has 0 aromatic heterocycles. The molecule has 4 saturated carbocycles. The zero-order valence-electron chi connectivity index (χ0n) is 16.9. The minimum absolute atomic E-state index is 0.170. The number of nitrogens with zero attached hydrogens (tertiary/aromatic N) is 4. The van der Waals surface area contributed by atoms with Gasteiger partial charge in [0.2, 0.25) is 5.91 Å². The quantitative estimate of drug-likeness (QED) is 0.552. The number of hydrogen-bond donors (Lipinski definition) is 0. The molecule has 9 heteroatoms. The maximum absolute atomic E-state index is 13.5. The summed E-state index contributed by atoms with van der Waals surface area (Å²) in [6.45, 7) is 2.07. The molecule has 30 heavy (non-hydrogen) atoms. The Morgan fingerprint density at radius 2 is 1.47 bits per heavy atom. The van der Waals surface area contributed by atoms with Crippen LogP contribution < -0.4 is 4.90 Å². The highest BCUT2D eigenvalue weighted by Crippen LogP contribution is 2.60. The third kappa shape index (κ3) is 3.11. The minimum Gasteiger partial charge on any atom is -0.362 e. The van der Waals surface area contributed by atoms with Crippen LogP contribution >= 0.6 is 0 Å². The molecule has 4 aliphatic carbocycles. The highest BCUT2D eigenvalue weighted by molar-refractivity contribution is 5.83. The molecule has 160 valence electrons. The number of carbonyl (C=O) groups is 1. The van der Waals surface area contributed by atoms with Gasteiger partial charge < -0.3 is 9.80 Å². The minimum atomic E-state index is -0.626. The summed E-state index contributed by atoms with van der Waals surface area (Å²) in [6.07, 6.45) is 6.99. The third-order valence-corrected chi connectivity index (χ3v) is 7.77. The first kappa shape index (κ1) is 19.3. The van der Waals surface area contributed by atoms with E-state index in [0.29, 0.717) is 55.5 Å². The van der Waals surface area contributed by atoms with Crippen molar-refractivity contribution in [3.05, 3.63) is 38.4 Å². The monoisotopic (exact) mass is 414 g/mol. The summed E-state index contributed by atoms with van der Waals surface area (Å²) in [5.74, 6) is 2.43. The molecule has 9 nitrogen and oxygen atoms in total. The zero-order valence-corrected chi connectivity index (χ0v) is 16.9. The van der Waals surface area contributed by atoms with E-state index in [1.807, 2.05) is 9.80 Å². The van der Waals surface area contributed by atoms with E-state index in [-0.39, 0.29) is 16.8 Å². The van der Waals surface area contributed by atoms with Gasteiger partial charge in [-0.25, -0.2) is 0 Å². The molecule has 0 radical (unpaired) electrons. The van der Waals surface area contributed by atoms with E-state index in [2.05, 4.69) is 0 Å². The molecule has 1 aromatic carbocycles. The van der Waals surface area contributed by atoms with Crippen LogP contribution in [-0.2, 0) is 4.79 Å². The second kappa shape index (κ2) is 6.92. The second-order valence-electron chi connectivity index (χ2n) is 9.66. The van der Waals surface area contributed by atoms with Gasteiger partial charge in [0.15, 0.2) is 0 Å². The molecule has 5 aliphatic rings. The van der Waals surface area contributed by atoms with Crippen LogP contribution in [-0.4, -0.2) is 46.8 Å². The highest BCUT2D eigenvalue weighted by Gasteiger charge is 2.55. The molecular weight excluding hydrogens is 388 g/mol. The number of hydrogen-bond acceptors (Lipinski definition) is 6. The van der Waals surface area contributed by atoms with Crippen molar-refractivity contribution in [2.75, 3.05) is 31.1 Å². The first-order valence-electron chi connectivity index (χ1n) is 10.8. The first-order chi connectivity index (χ1) is 14.3. The number of rotatable bonds is 4. The van der Waals surface area contributed by atoms with Gasteiger partial charge in [-0.1, -0.05) is 0 Å². The molecule has 0 unspecified atom stereocenters. The average molecular weight is 414 g/mol. The van der Waals surface area contributed by atoms with Gasteiger partial charge in [0, 0.05) is 32.2 Å². The van der Waals surface area contributed by atoms with E-state index >= 15 is 0 Å². The Morgan fingerprint density at radius 3 is 1.97 bits per heavy atom. The molecule has 1 aromatic rings. The maximum Gasteiger partial charge on any atom is 0.299 e. The van der Waals surface area contributed by atoms with Crippen LogP contribution in [0.1, 0.15) is 38.5 Å². The van der Waals surface area contributed by atoms with Gasteiger partial charge in [0.25, 0.3) is 11.4 Å². The average Bonchev–Trinajstić information content (AvgIpc) is 2.72. The van der Waals surface area contributed by atoms with E-state index in [9.17, 15) is 25.0 Å². The summed E-state index contributed by atoms with van der Waals surface area (Å²) in [4.78, 5) is 38.6. The SMILES string of the molecule is O=C(N1CCN(c2ccc([N+](=O)[O-])cc2[N+](=O)[O-])CC1)C12CC3CC(CC(C3)C1)C2. The fraction of sp³-hybridized carbons (Fsp3) is 0.667. The molecule has 1 amide bonds. The summed E-state index contributed by atoms with van der Waals surface area (Å²) in [6, 6.07) is 3.77. The van der Waals surface area contributed by atoms with Gasteiger partial charge in [-0.2, -0.15) is 0 Å². The van der Waals surface area contributed by atoms with E-state index in [4.69, 9.17) is 0 Å². The predicted molar refractivity (Wildman–Crippen MR) is 109 cm³/mol. The van der Waals surface area contributed by atoms with Gasteiger partial charge in [0.05, 0.1) is 21.3 Å². The predicted octanol–water partition coefficient (Wildman–Crippen LogP) is 3.37. The number of benzene rings is 1.